The van der Waals surface area contributed by atoms with E-state index in [1.165, 1.54) is 6.07 Å². The first-order valence-electron chi connectivity index (χ1n) is 6.59. The van der Waals surface area contributed by atoms with Crippen LogP contribution in [-0.4, -0.2) is 31.3 Å². The number of carbonyl (C=O) groups is 2. The van der Waals surface area contributed by atoms with Gasteiger partial charge < -0.3 is 10.2 Å². The molecule has 1 heterocycles. The Morgan fingerprint density at radius 2 is 2.14 bits per heavy atom. The fourth-order valence-corrected chi connectivity index (χ4v) is 2.50. The van der Waals surface area contributed by atoms with E-state index in [1.54, 1.807) is 11.8 Å². The first-order valence-corrected chi connectivity index (χ1v) is 6.59. The molecule has 7 heteroatoms. The highest BCUT2D eigenvalue weighted by atomic mass is 19.4. The van der Waals surface area contributed by atoms with Crippen LogP contribution in [0, 0.1) is 0 Å². The molecule has 1 amide bonds. The van der Waals surface area contributed by atoms with Crippen molar-refractivity contribution in [1.82, 2.24) is 5.32 Å². The molecular weight excluding hydrogens is 285 g/mol. The van der Waals surface area contributed by atoms with E-state index >= 15 is 0 Å². The molecule has 4 nitrogen and oxygen atoms in total. The maximum absolute atomic E-state index is 13.0. The topological polar surface area (TPSA) is 49.4 Å². The molecule has 2 rings (SSSR count). The van der Waals surface area contributed by atoms with Crippen LogP contribution in [0.25, 0.3) is 0 Å². The van der Waals surface area contributed by atoms with Gasteiger partial charge in [-0.1, -0.05) is 6.92 Å². The van der Waals surface area contributed by atoms with Gasteiger partial charge in [0.05, 0.1) is 5.56 Å². The molecule has 1 aliphatic rings. The molecule has 1 N–H and O–H groups in total. The number of hydrogen-bond acceptors (Lipinski definition) is 3. The minimum atomic E-state index is -4.61. The van der Waals surface area contributed by atoms with E-state index in [9.17, 15) is 22.8 Å². The number of anilines is 1. The van der Waals surface area contributed by atoms with E-state index in [0.717, 1.165) is 12.1 Å². The van der Waals surface area contributed by atoms with E-state index in [1.807, 2.05) is 0 Å². The molecule has 1 atom stereocenters. The lowest BCUT2D eigenvalue weighted by atomic mass is 10.0. The van der Waals surface area contributed by atoms with Gasteiger partial charge in [-0.2, -0.15) is 13.2 Å². The van der Waals surface area contributed by atoms with E-state index in [4.69, 9.17) is 0 Å². The van der Waals surface area contributed by atoms with Crippen molar-refractivity contribution in [3.8, 4) is 0 Å². The third-order valence-electron chi connectivity index (χ3n) is 3.52. The van der Waals surface area contributed by atoms with E-state index < -0.39 is 23.3 Å². The van der Waals surface area contributed by atoms with Crippen LogP contribution in [0.4, 0.5) is 18.9 Å². The minimum absolute atomic E-state index is 0.187. The summed E-state index contributed by atoms with van der Waals surface area (Å²) in [7, 11) is 0. The minimum Gasteiger partial charge on any atom is -0.358 e. The average molecular weight is 300 g/mol. The van der Waals surface area contributed by atoms with Crippen molar-refractivity contribution in [2.24, 2.45) is 0 Å². The number of piperazine rings is 1. The van der Waals surface area contributed by atoms with E-state index in [-0.39, 0.29) is 12.2 Å². The van der Waals surface area contributed by atoms with Crippen molar-refractivity contribution in [2.75, 3.05) is 18.0 Å². The molecule has 114 valence electrons. The number of amides is 1. The number of hydrogen-bond donors (Lipinski definition) is 1. The number of carbonyl (C=O) groups excluding carboxylic acids is 2. The zero-order valence-corrected chi connectivity index (χ0v) is 11.4. The second-order valence-corrected chi connectivity index (χ2v) is 4.80. The Labute approximate surface area is 119 Å². The summed E-state index contributed by atoms with van der Waals surface area (Å²) in [5.41, 5.74) is -1.08. The van der Waals surface area contributed by atoms with E-state index in [0.29, 0.717) is 25.2 Å². The van der Waals surface area contributed by atoms with Crippen molar-refractivity contribution in [1.29, 1.82) is 0 Å². The molecule has 1 unspecified atom stereocenters. The third kappa shape index (κ3) is 3.01. The molecule has 1 fully saturated rings. The first-order chi connectivity index (χ1) is 9.88. The largest absolute Gasteiger partial charge is 0.417 e. The lowest BCUT2D eigenvalue weighted by Crippen LogP contribution is -2.55. The van der Waals surface area contributed by atoms with Crippen LogP contribution in [0.2, 0.25) is 0 Å². The average Bonchev–Trinajstić information content (AvgIpc) is 2.45. The van der Waals surface area contributed by atoms with Gasteiger partial charge in [-0.25, -0.2) is 0 Å². The summed E-state index contributed by atoms with van der Waals surface area (Å²) in [4.78, 5) is 24.2. The van der Waals surface area contributed by atoms with Crippen LogP contribution in [0.1, 0.15) is 29.3 Å². The smallest absolute Gasteiger partial charge is 0.358 e. The molecule has 0 aromatic heterocycles. The van der Waals surface area contributed by atoms with Crippen molar-refractivity contribution in [2.45, 2.75) is 25.6 Å². The summed E-state index contributed by atoms with van der Waals surface area (Å²) >= 11 is 0. The van der Waals surface area contributed by atoms with Crippen molar-refractivity contribution >= 4 is 17.9 Å². The SMILES string of the molecule is CCC1C(=O)NCCN1c1ccc(C=O)c(C(F)(F)F)c1. The summed E-state index contributed by atoms with van der Waals surface area (Å²) in [5.74, 6) is -0.197. The predicted molar refractivity (Wildman–Crippen MR) is 71.3 cm³/mol. The summed E-state index contributed by atoms with van der Waals surface area (Å²) in [6, 6.07) is 3.03. The highest BCUT2D eigenvalue weighted by molar-refractivity contribution is 5.87. The predicted octanol–water partition coefficient (Wildman–Crippen LogP) is 2.23. The zero-order valence-electron chi connectivity index (χ0n) is 11.4. The molecule has 0 bridgehead atoms. The lowest BCUT2D eigenvalue weighted by molar-refractivity contribution is -0.137. The Morgan fingerprint density at radius 3 is 2.71 bits per heavy atom. The molecule has 0 saturated carbocycles. The molecule has 1 aromatic carbocycles. The Bertz CT molecular complexity index is 558. The van der Waals surface area contributed by atoms with Crippen LogP contribution in [-0.2, 0) is 11.0 Å². The lowest BCUT2D eigenvalue weighted by Gasteiger charge is -2.36. The summed E-state index contributed by atoms with van der Waals surface area (Å²) < 4.78 is 38.9. The van der Waals surface area contributed by atoms with Crippen LogP contribution in [0.5, 0.6) is 0 Å². The highest BCUT2D eigenvalue weighted by Crippen LogP contribution is 2.34. The Hall–Kier alpha value is -2.05. The zero-order chi connectivity index (χ0) is 15.6. The molecule has 21 heavy (non-hydrogen) atoms. The highest BCUT2D eigenvalue weighted by Gasteiger charge is 2.35. The summed E-state index contributed by atoms with van der Waals surface area (Å²) in [6.07, 6.45) is -3.93. The Kier molecular flexibility index (Phi) is 4.20. The second kappa shape index (κ2) is 5.75. The van der Waals surface area contributed by atoms with Gasteiger partial charge in [-0.15, -0.1) is 0 Å². The molecule has 1 saturated heterocycles. The molecule has 1 aromatic rings. The van der Waals surface area contributed by atoms with Crippen molar-refractivity contribution < 1.29 is 22.8 Å². The maximum atomic E-state index is 13.0. The van der Waals surface area contributed by atoms with Gasteiger partial charge in [0, 0.05) is 24.3 Å². The maximum Gasteiger partial charge on any atom is 0.417 e. The van der Waals surface area contributed by atoms with Crippen LogP contribution in [0.15, 0.2) is 18.2 Å². The van der Waals surface area contributed by atoms with Gasteiger partial charge in [0.2, 0.25) is 5.91 Å². The monoisotopic (exact) mass is 300 g/mol. The van der Waals surface area contributed by atoms with Gasteiger partial charge in [0.15, 0.2) is 6.29 Å². The molecule has 0 spiro atoms. The Morgan fingerprint density at radius 1 is 1.43 bits per heavy atom. The van der Waals surface area contributed by atoms with Gasteiger partial charge >= 0.3 is 6.18 Å². The van der Waals surface area contributed by atoms with Crippen molar-refractivity contribution in [3.63, 3.8) is 0 Å². The molecule has 0 radical (unpaired) electrons. The second-order valence-electron chi connectivity index (χ2n) is 4.80. The van der Waals surface area contributed by atoms with Crippen molar-refractivity contribution in [3.05, 3.63) is 29.3 Å². The first kappa shape index (κ1) is 15.3. The third-order valence-corrected chi connectivity index (χ3v) is 3.52. The standard InChI is InChI=1S/C14H15F3N2O2/c1-2-12-13(21)18-5-6-19(12)10-4-3-9(8-20)11(7-10)14(15,16)17/h3-4,7-8,12H,2,5-6H2,1H3,(H,18,21). The number of nitrogens with zero attached hydrogens (tertiary/aromatic N) is 1. The number of rotatable bonds is 3. The quantitative estimate of drug-likeness (QED) is 0.871. The molecule has 0 aliphatic carbocycles. The van der Waals surface area contributed by atoms with E-state index in [2.05, 4.69) is 5.32 Å². The number of halogens is 3. The Balaban J connectivity index is 2.44. The molecule has 1 aliphatic heterocycles. The fourth-order valence-electron chi connectivity index (χ4n) is 2.50. The normalized spacial score (nSPS) is 19.3. The number of nitrogens with one attached hydrogen (secondary N) is 1. The van der Waals surface area contributed by atoms with Gasteiger partial charge in [-0.3, -0.25) is 9.59 Å². The summed E-state index contributed by atoms with van der Waals surface area (Å²) in [5, 5.41) is 2.69. The molecular formula is C14H15F3N2O2. The number of benzene rings is 1. The fraction of sp³-hybridized carbons (Fsp3) is 0.429. The van der Waals surface area contributed by atoms with Gasteiger partial charge in [0.1, 0.15) is 6.04 Å². The van der Waals surface area contributed by atoms with Gasteiger partial charge in [0.25, 0.3) is 0 Å². The van der Waals surface area contributed by atoms with Crippen LogP contribution >= 0.6 is 0 Å². The van der Waals surface area contributed by atoms with Crippen LogP contribution < -0.4 is 10.2 Å². The van der Waals surface area contributed by atoms with Gasteiger partial charge in [-0.05, 0) is 24.6 Å². The number of aldehydes is 1. The number of alkyl halides is 3. The summed E-state index contributed by atoms with van der Waals surface area (Å²) in [6.45, 7) is 2.61. The van der Waals surface area contributed by atoms with Crippen LogP contribution in [0.3, 0.4) is 0 Å².